The number of anilines is 1. The van der Waals surface area contributed by atoms with Crippen LogP contribution >= 0.6 is 15.9 Å². The van der Waals surface area contributed by atoms with Crippen LogP contribution in [0.3, 0.4) is 0 Å². The second-order valence-electron chi connectivity index (χ2n) is 6.12. The third-order valence-electron chi connectivity index (χ3n) is 4.48. The minimum absolute atomic E-state index is 0.0419. The number of halogens is 1. The lowest BCUT2D eigenvalue weighted by molar-refractivity contribution is -0.141. The predicted molar refractivity (Wildman–Crippen MR) is 100 cm³/mol. The summed E-state index contributed by atoms with van der Waals surface area (Å²) in [6.07, 6.45) is 0.171. The Hall–Kier alpha value is -1.89. The van der Waals surface area contributed by atoms with Crippen LogP contribution in [0, 0.1) is 5.92 Å². The molecule has 1 aromatic rings. The van der Waals surface area contributed by atoms with Crippen LogP contribution in [0.4, 0.5) is 5.69 Å². The Labute approximate surface area is 156 Å². The molecule has 1 aliphatic rings. The number of carbonyl (C=O) groups is 3. The molecule has 1 saturated heterocycles. The van der Waals surface area contributed by atoms with Gasteiger partial charge in [-0.3, -0.25) is 14.4 Å². The number of para-hydroxylation sites is 1. The quantitative estimate of drug-likeness (QED) is 0.722. The van der Waals surface area contributed by atoms with Gasteiger partial charge in [0.25, 0.3) is 0 Å². The highest BCUT2D eigenvalue weighted by Crippen LogP contribution is 2.31. The molecular formula is C18H24BrN3O3. The van der Waals surface area contributed by atoms with E-state index in [2.05, 4.69) is 15.9 Å². The Morgan fingerprint density at radius 1 is 1.24 bits per heavy atom. The highest BCUT2D eigenvalue weighted by atomic mass is 79.9. The first-order chi connectivity index (χ1) is 11.9. The van der Waals surface area contributed by atoms with E-state index in [1.54, 1.807) is 16.8 Å². The second-order valence-corrected chi connectivity index (χ2v) is 6.97. The zero-order valence-corrected chi connectivity index (χ0v) is 16.5. The molecule has 1 fully saturated rings. The van der Waals surface area contributed by atoms with E-state index >= 15 is 0 Å². The maximum atomic E-state index is 12.7. The molecule has 25 heavy (non-hydrogen) atoms. The molecule has 0 N–H and O–H groups in total. The summed E-state index contributed by atoms with van der Waals surface area (Å²) in [5, 5.41) is 0. The summed E-state index contributed by atoms with van der Waals surface area (Å²) in [6, 6.07) is 7.45. The molecule has 0 aliphatic carbocycles. The predicted octanol–water partition coefficient (Wildman–Crippen LogP) is 2.13. The standard InChI is InChI=1S/C18H24BrN3O3/c1-4-21(5-2)17(24)12-20(3)18(25)13-10-16(23)22(11-13)15-9-7-6-8-14(15)19/h6-9,13H,4-5,10-12H2,1-3H3. The molecule has 0 radical (unpaired) electrons. The first-order valence-corrected chi connectivity index (χ1v) is 9.25. The average Bonchev–Trinajstić information content (AvgIpc) is 2.97. The summed E-state index contributed by atoms with van der Waals surface area (Å²) in [5.41, 5.74) is 0.768. The zero-order valence-electron chi connectivity index (χ0n) is 14.9. The average molecular weight is 410 g/mol. The number of rotatable bonds is 6. The third kappa shape index (κ3) is 4.39. The molecule has 1 aromatic carbocycles. The number of amides is 3. The van der Waals surface area contributed by atoms with E-state index in [0.29, 0.717) is 19.6 Å². The fourth-order valence-corrected chi connectivity index (χ4v) is 3.54. The number of benzene rings is 1. The van der Waals surface area contributed by atoms with Gasteiger partial charge in [-0.25, -0.2) is 0 Å². The molecule has 2 rings (SSSR count). The molecule has 0 bridgehead atoms. The third-order valence-corrected chi connectivity index (χ3v) is 5.15. The van der Waals surface area contributed by atoms with Crippen molar-refractivity contribution in [2.75, 3.05) is 38.1 Å². The van der Waals surface area contributed by atoms with Crippen molar-refractivity contribution in [2.45, 2.75) is 20.3 Å². The Bertz CT molecular complexity index is 661. The molecule has 0 aromatic heterocycles. The maximum absolute atomic E-state index is 12.7. The van der Waals surface area contributed by atoms with Crippen LogP contribution in [-0.4, -0.2) is 60.7 Å². The van der Waals surface area contributed by atoms with Crippen LogP contribution in [0.5, 0.6) is 0 Å². The van der Waals surface area contributed by atoms with Crippen molar-refractivity contribution >= 4 is 39.3 Å². The summed E-state index contributed by atoms with van der Waals surface area (Å²) in [5.74, 6) is -0.737. The van der Waals surface area contributed by atoms with Crippen molar-refractivity contribution in [1.82, 2.24) is 9.80 Å². The highest BCUT2D eigenvalue weighted by Gasteiger charge is 2.37. The number of nitrogens with zero attached hydrogens (tertiary/aromatic N) is 3. The van der Waals surface area contributed by atoms with Crippen LogP contribution < -0.4 is 4.90 Å². The van der Waals surface area contributed by atoms with E-state index in [0.717, 1.165) is 10.2 Å². The topological polar surface area (TPSA) is 60.9 Å². The first-order valence-electron chi connectivity index (χ1n) is 8.46. The number of likely N-dealkylation sites (N-methyl/N-ethyl adjacent to an activating group) is 2. The van der Waals surface area contributed by atoms with E-state index in [1.807, 2.05) is 38.1 Å². The Morgan fingerprint density at radius 3 is 2.48 bits per heavy atom. The van der Waals surface area contributed by atoms with Gasteiger partial charge in [0.2, 0.25) is 17.7 Å². The van der Waals surface area contributed by atoms with Gasteiger partial charge in [0, 0.05) is 37.6 Å². The SMILES string of the molecule is CCN(CC)C(=O)CN(C)C(=O)C1CC(=O)N(c2ccccc2Br)C1. The van der Waals surface area contributed by atoms with Gasteiger partial charge < -0.3 is 14.7 Å². The fraction of sp³-hybridized carbons (Fsp3) is 0.500. The van der Waals surface area contributed by atoms with Crippen LogP contribution in [-0.2, 0) is 14.4 Å². The van der Waals surface area contributed by atoms with E-state index in [4.69, 9.17) is 0 Å². The van der Waals surface area contributed by atoms with Crippen molar-refractivity contribution in [2.24, 2.45) is 5.92 Å². The van der Waals surface area contributed by atoms with Gasteiger partial charge in [-0.2, -0.15) is 0 Å². The lowest BCUT2D eigenvalue weighted by Crippen LogP contribution is -2.43. The minimum Gasteiger partial charge on any atom is -0.342 e. The van der Waals surface area contributed by atoms with E-state index in [9.17, 15) is 14.4 Å². The number of hydrogen-bond donors (Lipinski definition) is 0. The van der Waals surface area contributed by atoms with E-state index < -0.39 is 5.92 Å². The summed E-state index contributed by atoms with van der Waals surface area (Å²) >= 11 is 3.44. The van der Waals surface area contributed by atoms with Crippen LogP contribution in [0.2, 0.25) is 0 Å². The first kappa shape index (κ1) is 19.4. The molecule has 6 nitrogen and oxygen atoms in total. The lowest BCUT2D eigenvalue weighted by Gasteiger charge is -2.25. The van der Waals surface area contributed by atoms with Gasteiger partial charge in [-0.15, -0.1) is 0 Å². The largest absolute Gasteiger partial charge is 0.342 e. The summed E-state index contributed by atoms with van der Waals surface area (Å²) in [4.78, 5) is 41.9. The highest BCUT2D eigenvalue weighted by molar-refractivity contribution is 9.10. The summed E-state index contributed by atoms with van der Waals surface area (Å²) in [7, 11) is 1.62. The Morgan fingerprint density at radius 2 is 1.88 bits per heavy atom. The molecule has 1 heterocycles. The number of hydrogen-bond acceptors (Lipinski definition) is 3. The van der Waals surface area contributed by atoms with Crippen LogP contribution in [0.15, 0.2) is 28.7 Å². The fourth-order valence-electron chi connectivity index (χ4n) is 3.05. The minimum atomic E-state index is -0.422. The molecule has 136 valence electrons. The van der Waals surface area contributed by atoms with Crippen molar-refractivity contribution in [3.05, 3.63) is 28.7 Å². The number of carbonyl (C=O) groups excluding carboxylic acids is 3. The van der Waals surface area contributed by atoms with Crippen molar-refractivity contribution in [3.63, 3.8) is 0 Å². The van der Waals surface area contributed by atoms with Gasteiger partial charge in [0.05, 0.1) is 18.2 Å². The van der Waals surface area contributed by atoms with Gasteiger partial charge in [-0.1, -0.05) is 12.1 Å². The zero-order chi connectivity index (χ0) is 18.6. The molecule has 1 aliphatic heterocycles. The van der Waals surface area contributed by atoms with E-state index in [1.165, 1.54) is 4.90 Å². The van der Waals surface area contributed by atoms with Gasteiger partial charge in [0.15, 0.2) is 0 Å². The van der Waals surface area contributed by atoms with Crippen molar-refractivity contribution in [3.8, 4) is 0 Å². The molecule has 0 saturated carbocycles. The Balaban J connectivity index is 2.02. The molecule has 1 unspecified atom stereocenters. The van der Waals surface area contributed by atoms with Gasteiger partial charge in [0.1, 0.15) is 0 Å². The molecule has 1 atom stereocenters. The monoisotopic (exact) mass is 409 g/mol. The maximum Gasteiger partial charge on any atom is 0.242 e. The summed E-state index contributed by atoms with van der Waals surface area (Å²) < 4.78 is 0.821. The lowest BCUT2D eigenvalue weighted by atomic mass is 10.1. The van der Waals surface area contributed by atoms with Crippen molar-refractivity contribution < 1.29 is 14.4 Å². The van der Waals surface area contributed by atoms with Crippen LogP contribution in [0.1, 0.15) is 20.3 Å². The van der Waals surface area contributed by atoms with Gasteiger partial charge in [-0.05, 0) is 41.9 Å². The molecule has 7 heteroatoms. The van der Waals surface area contributed by atoms with Crippen molar-refractivity contribution in [1.29, 1.82) is 0 Å². The molecule has 3 amide bonds. The molecule has 0 spiro atoms. The Kier molecular flexibility index (Phi) is 6.58. The second kappa shape index (κ2) is 8.47. The van der Waals surface area contributed by atoms with E-state index in [-0.39, 0.29) is 30.7 Å². The normalized spacial score (nSPS) is 16.9. The smallest absolute Gasteiger partial charge is 0.242 e. The summed E-state index contributed by atoms with van der Waals surface area (Å²) in [6.45, 7) is 5.44. The van der Waals surface area contributed by atoms with Gasteiger partial charge >= 0.3 is 0 Å². The van der Waals surface area contributed by atoms with Crippen LogP contribution in [0.25, 0.3) is 0 Å². The molecular weight excluding hydrogens is 386 g/mol.